The number of hydrogen-bond donors (Lipinski definition) is 2. The molecule has 9 heteroatoms. The van der Waals surface area contributed by atoms with Crippen LogP contribution in [0, 0.1) is 0 Å². The molecule has 0 heterocycles. The average Bonchev–Trinajstić information content (AvgIpc) is 2.36. The van der Waals surface area contributed by atoms with E-state index < -0.39 is 35.0 Å². The predicted octanol–water partition coefficient (Wildman–Crippen LogP) is 0.512. The SMILES string of the molecule is NC(=O)CN(CC(=O)O)S(=O)(=O)/C=C/c1ccc(Cl)cc1. The van der Waals surface area contributed by atoms with Crippen molar-refractivity contribution in [2.45, 2.75) is 0 Å². The Morgan fingerprint density at radius 2 is 1.81 bits per heavy atom. The van der Waals surface area contributed by atoms with Crippen LogP contribution in [0.4, 0.5) is 0 Å². The van der Waals surface area contributed by atoms with Crippen LogP contribution in [0.1, 0.15) is 5.56 Å². The van der Waals surface area contributed by atoms with E-state index in [4.69, 9.17) is 22.4 Å². The molecule has 0 bridgehead atoms. The van der Waals surface area contributed by atoms with Crippen LogP contribution in [0.15, 0.2) is 29.7 Å². The standard InChI is InChI=1S/C12H13ClN2O5S/c13-10-3-1-9(2-4-10)5-6-21(19,20)15(7-11(14)16)8-12(17)18/h1-6H,7-8H2,(H2,14,16)(H,17,18)/b6-5+. The smallest absolute Gasteiger partial charge is 0.318 e. The van der Waals surface area contributed by atoms with Gasteiger partial charge >= 0.3 is 5.97 Å². The number of rotatable bonds is 7. The summed E-state index contributed by atoms with van der Waals surface area (Å²) in [6.07, 6.45) is 1.27. The molecule has 0 radical (unpaired) electrons. The van der Waals surface area contributed by atoms with Crippen LogP contribution < -0.4 is 5.73 Å². The second-order valence-corrected chi connectivity index (χ2v) is 6.28. The monoisotopic (exact) mass is 332 g/mol. The molecule has 1 rings (SSSR count). The lowest BCUT2D eigenvalue weighted by Gasteiger charge is -2.15. The van der Waals surface area contributed by atoms with Crippen LogP contribution in [-0.2, 0) is 19.6 Å². The van der Waals surface area contributed by atoms with Gasteiger partial charge in [-0.05, 0) is 23.8 Å². The van der Waals surface area contributed by atoms with Crippen LogP contribution in [0.25, 0.3) is 6.08 Å². The Labute approximate surface area is 126 Å². The Balaban J connectivity index is 2.97. The Kier molecular flexibility index (Phi) is 5.89. The minimum absolute atomic E-state index is 0.476. The maximum absolute atomic E-state index is 12.0. The second-order valence-electron chi connectivity index (χ2n) is 4.03. The maximum Gasteiger partial charge on any atom is 0.318 e. The highest BCUT2D eigenvalue weighted by molar-refractivity contribution is 7.92. The van der Waals surface area contributed by atoms with Crippen molar-refractivity contribution in [2.75, 3.05) is 13.1 Å². The Bertz CT molecular complexity index is 639. The third-order valence-corrected chi connectivity index (χ3v) is 4.02. The lowest BCUT2D eigenvalue weighted by Crippen LogP contribution is -2.40. The van der Waals surface area contributed by atoms with Crippen LogP contribution in [0.3, 0.4) is 0 Å². The highest BCUT2D eigenvalue weighted by Gasteiger charge is 2.23. The van der Waals surface area contributed by atoms with Gasteiger partial charge in [-0.15, -0.1) is 0 Å². The second kappa shape index (κ2) is 7.21. The van der Waals surface area contributed by atoms with Gasteiger partial charge in [-0.25, -0.2) is 8.42 Å². The first-order chi connectivity index (χ1) is 9.70. The number of benzene rings is 1. The van der Waals surface area contributed by atoms with Crippen molar-refractivity contribution >= 4 is 39.6 Å². The van der Waals surface area contributed by atoms with E-state index in [0.29, 0.717) is 14.9 Å². The van der Waals surface area contributed by atoms with Crippen molar-refractivity contribution in [1.29, 1.82) is 0 Å². The number of hydrogen-bond acceptors (Lipinski definition) is 4. The number of carboxylic acid groups (broad SMARTS) is 1. The van der Waals surface area contributed by atoms with Gasteiger partial charge in [0.15, 0.2) is 0 Å². The molecule has 21 heavy (non-hydrogen) atoms. The molecule has 0 aromatic heterocycles. The molecule has 7 nitrogen and oxygen atoms in total. The van der Waals surface area contributed by atoms with Crippen LogP contribution in [-0.4, -0.2) is 42.8 Å². The molecule has 0 aliphatic heterocycles. The van der Waals surface area contributed by atoms with E-state index in [2.05, 4.69) is 0 Å². The molecule has 0 aliphatic carbocycles. The first kappa shape index (κ1) is 17.2. The number of amides is 1. The fourth-order valence-corrected chi connectivity index (χ4v) is 2.61. The molecule has 0 saturated carbocycles. The minimum Gasteiger partial charge on any atom is -0.480 e. The highest BCUT2D eigenvalue weighted by Crippen LogP contribution is 2.12. The van der Waals surface area contributed by atoms with Gasteiger partial charge in [0.1, 0.15) is 6.54 Å². The number of aliphatic carboxylic acids is 1. The van der Waals surface area contributed by atoms with E-state index >= 15 is 0 Å². The molecular formula is C12H13ClN2O5S. The van der Waals surface area contributed by atoms with Gasteiger partial charge in [0.05, 0.1) is 6.54 Å². The Morgan fingerprint density at radius 1 is 1.24 bits per heavy atom. The fraction of sp³-hybridized carbons (Fsp3) is 0.167. The van der Waals surface area contributed by atoms with Crippen LogP contribution in [0.5, 0.6) is 0 Å². The number of sulfonamides is 1. The van der Waals surface area contributed by atoms with Crippen molar-refractivity contribution in [2.24, 2.45) is 5.73 Å². The molecule has 1 aromatic carbocycles. The molecule has 0 atom stereocenters. The zero-order valence-corrected chi connectivity index (χ0v) is 12.3. The molecule has 1 aromatic rings. The molecule has 0 fully saturated rings. The summed E-state index contributed by atoms with van der Waals surface area (Å²) in [7, 11) is -4.08. The average molecular weight is 333 g/mol. The summed E-state index contributed by atoms with van der Waals surface area (Å²) < 4.78 is 24.4. The van der Waals surface area contributed by atoms with Gasteiger partial charge in [0, 0.05) is 10.4 Å². The minimum atomic E-state index is -4.08. The number of nitrogens with zero attached hydrogens (tertiary/aromatic N) is 1. The zero-order valence-electron chi connectivity index (χ0n) is 10.8. The molecule has 0 spiro atoms. The van der Waals surface area contributed by atoms with Crippen molar-refractivity contribution in [1.82, 2.24) is 4.31 Å². The lowest BCUT2D eigenvalue weighted by molar-refractivity contribution is -0.137. The van der Waals surface area contributed by atoms with Crippen molar-refractivity contribution in [3.8, 4) is 0 Å². The first-order valence-corrected chi connectivity index (χ1v) is 7.53. The summed E-state index contributed by atoms with van der Waals surface area (Å²) in [5.41, 5.74) is 5.47. The van der Waals surface area contributed by atoms with Gasteiger partial charge in [0.2, 0.25) is 15.9 Å². The first-order valence-electron chi connectivity index (χ1n) is 5.64. The van der Waals surface area contributed by atoms with E-state index in [1.807, 2.05) is 0 Å². The van der Waals surface area contributed by atoms with Crippen molar-refractivity contribution < 1.29 is 23.1 Å². The van der Waals surface area contributed by atoms with E-state index in [9.17, 15) is 18.0 Å². The molecule has 0 unspecified atom stereocenters. The molecule has 0 saturated heterocycles. The van der Waals surface area contributed by atoms with Crippen LogP contribution in [0.2, 0.25) is 5.02 Å². The molecule has 3 N–H and O–H groups in total. The predicted molar refractivity (Wildman–Crippen MR) is 77.8 cm³/mol. The largest absolute Gasteiger partial charge is 0.480 e. The van der Waals surface area contributed by atoms with E-state index in [1.165, 1.54) is 6.08 Å². The van der Waals surface area contributed by atoms with E-state index in [1.54, 1.807) is 24.3 Å². The molecule has 1 amide bonds. The quantitative estimate of drug-likeness (QED) is 0.754. The highest BCUT2D eigenvalue weighted by atomic mass is 35.5. The Hall–Kier alpha value is -1.90. The Morgan fingerprint density at radius 3 is 2.29 bits per heavy atom. The van der Waals surface area contributed by atoms with Crippen molar-refractivity contribution in [3.63, 3.8) is 0 Å². The van der Waals surface area contributed by atoms with E-state index in [-0.39, 0.29) is 0 Å². The normalized spacial score (nSPS) is 11.9. The van der Waals surface area contributed by atoms with Crippen molar-refractivity contribution in [3.05, 3.63) is 40.3 Å². The summed E-state index contributed by atoms with van der Waals surface area (Å²) in [4.78, 5) is 21.5. The maximum atomic E-state index is 12.0. The summed E-state index contributed by atoms with van der Waals surface area (Å²) in [6.45, 7) is -1.56. The van der Waals surface area contributed by atoms with Gasteiger partial charge in [-0.1, -0.05) is 23.7 Å². The lowest BCUT2D eigenvalue weighted by atomic mass is 10.2. The fourth-order valence-electron chi connectivity index (χ4n) is 1.39. The summed E-state index contributed by atoms with van der Waals surface area (Å²) >= 11 is 5.70. The van der Waals surface area contributed by atoms with Gasteiger partial charge in [-0.2, -0.15) is 4.31 Å². The summed E-state index contributed by atoms with van der Waals surface area (Å²) in [5.74, 6) is -2.33. The van der Waals surface area contributed by atoms with Gasteiger partial charge < -0.3 is 10.8 Å². The molecular weight excluding hydrogens is 320 g/mol. The van der Waals surface area contributed by atoms with Gasteiger partial charge in [-0.3, -0.25) is 9.59 Å². The number of nitrogens with two attached hydrogens (primary N) is 1. The topological polar surface area (TPSA) is 118 Å². The molecule has 114 valence electrons. The number of carboxylic acids is 1. The number of carbonyl (C=O) groups is 2. The summed E-state index contributed by atoms with van der Waals surface area (Å²) in [5, 5.41) is 9.98. The van der Waals surface area contributed by atoms with Gasteiger partial charge in [0.25, 0.3) is 0 Å². The zero-order chi connectivity index (χ0) is 16.0. The number of primary amides is 1. The number of halogens is 1. The molecule has 0 aliphatic rings. The number of carbonyl (C=O) groups excluding carboxylic acids is 1. The van der Waals surface area contributed by atoms with E-state index in [0.717, 1.165) is 5.41 Å². The third-order valence-electron chi connectivity index (χ3n) is 2.31. The summed E-state index contributed by atoms with van der Waals surface area (Å²) in [6, 6.07) is 6.33. The third kappa shape index (κ3) is 5.94. The van der Waals surface area contributed by atoms with Crippen LogP contribution >= 0.6 is 11.6 Å².